The molecule has 2 aromatic carbocycles. The Labute approximate surface area is 136 Å². The number of benzene rings is 2. The number of hydrogen-bond acceptors (Lipinski definition) is 0. The van der Waals surface area contributed by atoms with Gasteiger partial charge < -0.3 is 0 Å². The van der Waals surface area contributed by atoms with Crippen LogP contribution in [0.25, 0.3) is 27.6 Å². The molecule has 2 heteroatoms. The van der Waals surface area contributed by atoms with E-state index in [1.807, 2.05) is 0 Å². The highest BCUT2D eigenvalue weighted by molar-refractivity contribution is 6.10. The van der Waals surface area contributed by atoms with Gasteiger partial charge in [0.25, 0.3) is 5.82 Å². The van der Waals surface area contributed by atoms with Crippen LogP contribution in [-0.2, 0) is 7.05 Å². The first kappa shape index (κ1) is 14.0. The Kier molecular flexibility index (Phi) is 3.02. The van der Waals surface area contributed by atoms with Crippen molar-refractivity contribution in [2.75, 3.05) is 0 Å². The summed E-state index contributed by atoms with van der Waals surface area (Å²) < 4.78 is 4.58. The van der Waals surface area contributed by atoms with Gasteiger partial charge in [0.05, 0.1) is 13.2 Å². The fraction of sp³-hybridized carbons (Fsp3) is 0.190. The van der Waals surface area contributed by atoms with E-state index in [9.17, 15) is 0 Å². The number of fused-ring (bicyclic) bond motifs is 3. The molecule has 0 aliphatic carbocycles. The van der Waals surface area contributed by atoms with Gasteiger partial charge in [-0.1, -0.05) is 18.2 Å². The molecule has 4 aromatic rings. The van der Waals surface area contributed by atoms with Gasteiger partial charge in [0.1, 0.15) is 11.0 Å². The molecule has 23 heavy (non-hydrogen) atoms. The zero-order valence-electron chi connectivity index (χ0n) is 14.1. The molecule has 0 atom stereocenters. The first-order valence-electron chi connectivity index (χ1n) is 8.04. The molecule has 2 heterocycles. The predicted molar refractivity (Wildman–Crippen MR) is 96.2 cm³/mol. The van der Waals surface area contributed by atoms with Crippen molar-refractivity contribution < 1.29 is 4.57 Å². The van der Waals surface area contributed by atoms with Crippen LogP contribution >= 0.6 is 0 Å². The third-order valence-electron chi connectivity index (χ3n) is 5.04. The summed E-state index contributed by atoms with van der Waals surface area (Å²) in [5.41, 5.74) is 6.67. The standard InChI is InChI=1S/C21H21N2/c1-14-13-18-17-9-5-6-10-19(17)23(21(18)16(3)15(14)2)20-11-7-8-12-22(20)4/h5-13H,1-4H3/q+1. The quantitative estimate of drug-likeness (QED) is 0.457. The Hall–Kier alpha value is -2.61. The number of aromatic nitrogens is 2. The normalized spacial score (nSPS) is 11.5. The van der Waals surface area contributed by atoms with Crippen LogP contribution in [0, 0.1) is 20.8 Å². The molecule has 0 saturated heterocycles. The SMILES string of the molecule is Cc1cc2c3ccccc3n(-c3cccc[n+]3C)c2c(C)c1C. The Morgan fingerprint density at radius 3 is 2.35 bits per heavy atom. The van der Waals surface area contributed by atoms with E-state index in [0.717, 1.165) is 0 Å². The number of hydrogen-bond donors (Lipinski definition) is 0. The molecule has 2 nitrogen and oxygen atoms in total. The monoisotopic (exact) mass is 301 g/mol. The predicted octanol–water partition coefficient (Wildman–Crippen LogP) is 4.53. The van der Waals surface area contributed by atoms with Crippen LogP contribution < -0.4 is 4.57 Å². The van der Waals surface area contributed by atoms with Crippen molar-refractivity contribution in [2.24, 2.45) is 7.05 Å². The van der Waals surface area contributed by atoms with E-state index >= 15 is 0 Å². The van der Waals surface area contributed by atoms with Crippen LogP contribution in [0.4, 0.5) is 0 Å². The van der Waals surface area contributed by atoms with Gasteiger partial charge in [0.2, 0.25) is 0 Å². The van der Waals surface area contributed by atoms with Gasteiger partial charge in [-0.15, -0.1) is 0 Å². The molecular weight excluding hydrogens is 280 g/mol. The summed E-state index contributed by atoms with van der Waals surface area (Å²) in [6, 6.07) is 17.4. The number of aryl methyl sites for hydroxylation is 3. The van der Waals surface area contributed by atoms with Gasteiger partial charge in [0, 0.05) is 22.4 Å². The van der Waals surface area contributed by atoms with Gasteiger partial charge in [-0.05, 0) is 56.2 Å². The van der Waals surface area contributed by atoms with E-state index in [1.165, 1.54) is 44.3 Å². The summed E-state index contributed by atoms with van der Waals surface area (Å²) in [6.07, 6.45) is 2.10. The molecular formula is C21H21N2+. The van der Waals surface area contributed by atoms with Gasteiger partial charge in [-0.3, -0.25) is 0 Å². The molecule has 2 aromatic heterocycles. The van der Waals surface area contributed by atoms with Crippen molar-refractivity contribution in [1.82, 2.24) is 4.57 Å². The van der Waals surface area contributed by atoms with Crippen LogP contribution in [0.1, 0.15) is 16.7 Å². The summed E-state index contributed by atoms with van der Waals surface area (Å²) in [5.74, 6) is 1.19. The Bertz CT molecular complexity index is 1050. The second-order valence-electron chi connectivity index (χ2n) is 6.36. The van der Waals surface area contributed by atoms with Crippen molar-refractivity contribution in [3.05, 3.63) is 71.4 Å². The number of rotatable bonds is 1. The van der Waals surface area contributed by atoms with E-state index in [4.69, 9.17) is 0 Å². The molecule has 0 fully saturated rings. The van der Waals surface area contributed by atoms with E-state index in [2.05, 4.69) is 91.7 Å². The lowest BCUT2D eigenvalue weighted by Gasteiger charge is -2.08. The summed E-state index contributed by atoms with van der Waals surface area (Å²) in [7, 11) is 2.10. The number of para-hydroxylation sites is 1. The topological polar surface area (TPSA) is 8.81 Å². The maximum atomic E-state index is 2.40. The molecule has 0 saturated carbocycles. The molecule has 0 radical (unpaired) electrons. The Morgan fingerprint density at radius 2 is 1.57 bits per heavy atom. The molecule has 114 valence electrons. The summed E-state index contributed by atoms with van der Waals surface area (Å²) in [5, 5.41) is 2.66. The van der Waals surface area contributed by atoms with Gasteiger partial charge in [0.15, 0.2) is 0 Å². The average Bonchev–Trinajstić information content (AvgIpc) is 2.88. The van der Waals surface area contributed by atoms with Crippen LogP contribution in [0.15, 0.2) is 54.7 Å². The first-order chi connectivity index (χ1) is 11.1. The number of nitrogens with zero attached hydrogens (tertiary/aromatic N) is 2. The first-order valence-corrected chi connectivity index (χ1v) is 8.04. The van der Waals surface area contributed by atoms with E-state index in [-0.39, 0.29) is 0 Å². The second-order valence-corrected chi connectivity index (χ2v) is 6.36. The molecule has 0 spiro atoms. The Morgan fingerprint density at radius 1 is 0.826 bits per heavy atom. The van der Waals surface area contributed by atoms with Gasteiger partial charge >= 0.3 is 0 Å². The average molecular weight is 301 g/mol. The van der Waals surface area contributed by atoms with Crippen LogP contribution in [0.3, 0.4) is 0 Å². The van der Waals surface area contributed by atoms with E-state index in [1.54, 1.807) is 0 Å². The molecule has 0 aliphatic heterocycles. The van der Waals surface area contributed by atoms with Crippen molar-refractivity contribution >= 4 is 21.8 Å². The molecule has 0 aliphatic rings. The summed E-state index contributed by atoms with van der Waals surface area (Å²) in [6.45, 7) is 6.66. The van der Waals surface area contributed by atoms with Gasteiger partial charge in [-0.2, -0.15) is 4.57 Å². The highest BCUT2D eigenvalue weighted by Crippen LogP contribution is 2.35. The Balaban J connectivity index is 2.30. The fourth-order valence-electron chi connectivity index (χ4n) is 3.56. The third kappa shape index (κ3) is 1.91. The van der Waals surface area contributed by atoms with E-state index < -0.39 is 0 Å². The van der Waals surface area contributed by atoms with Crippen LogP contribution in [0.5, 0.6) is 0 Å². The maximum Gasteiger partial charge on any atom is 0.286 e. The third-order valence-corrected chi connectivity index (χ3v) is 5.04. The van der Waals surface area contributed by atoms with Crippen molar-refractivity contribution in [2.45, 2.75) is 20.8 Å². The van der Waals surface area contributed by atoms with Crippen LogP contribution in [0.2, 0.25) is 0 Å². The smallest absolute Gasteiger partial charge is 0.237 e. The fourth-order valence-corrected chi connectivity index (χ4v) is 3.56. The minimum atomic E-state index is 1.19. The van der Waals surface area contributed by atoms with Gasteiger partial charge in [-0.25, -0.2) is 4.57 Å². The highest BCUT2D eigenvalue weighted by Gasteiger charge is 2.22. The molecule has 0 bridgehead atoms. The molecule has 0 N–H and O–H groups in total. The van der Waals surface area contributed by atoms with Crippen molar-refractivity contribution in [3.8, 4) is 5.82 Å². The summed E-state index contributed by atoms with van der Waals surface area (Å²) in [4.78, 5) is 0. The molecule has 0 amide bonds. The lowest BCUT2D eigenvalue weighted by atomic mass is 10.00. The zero-order chi connectivity index (χ0) is 16.1. The van der Waals surface area contributed by atoms with Crippen LogP contribution in [-0.4, -0.2) is 4.57 Å². The zero-order valence-corrected chi connectivity index (χ0v) is 14.1. The lowest BCUT2D eigenvalue weighted by molar-refractivity contribution is -0.665. The number of pyridine rings is 1. The minimum Gasteiger partial charge on any atom is -0.237 e. The summed E-state index contributed by atoms with van der Waals surface area (Å²) >= 11 is 0. The maximum absolute atomic E-state index is 2.40. The molecule has 4 rings (SSSR count). The molecule has 0 unspecified atom stereocenters. The van der Waals surface area contributed by atoms with Crippen molar-refractivity contribution in [1.29, 1.82) is 0 Å². The lowest BCUT2D eigenvalue weighted by Crippen LogP contribution is -2.33. The largest absolute Gasteiger partial charge is 0.286 e. The van der Waals surface area contributed by atoms with Crippen molar-refractivity contribution in [3.63, 3.8) is 0 Å². The minimum absolute atomic E-state index is 1.19. The van der Waals surface area contributed by atoms with E-state index in [0.29, 0.717) is 0 Å². The highest BCUT2D eigenvalue weighted by atomic mass is 15.1. The second kappa shape index (κ2) is 4.95.